The summed E-state index contributed by atoms with van der Waals surface area (Å²) in [6.07, 6.45) is 10.4. The smallest absolute Gasteiger partial charge is 0.0121 e. The largest absolute Gasteiger partial charge is 0.126 e. The summed E-state index contributed by atoms with van der Waals surface area (Å²) in [4.78, 5) is 0. The van der Waals surface area contributed by atoms with Crippen molar-refractivity contribution in [3.05, 3.63) is 29.5 Å². The highest BCUT2D eigenvalue weighted by molar-refractivity contribution is 5.08. The normalized spacial score (nSPS) is 15.2. The zero-order valence-electron chi connectivity index (χ0n) is 15.1. The van der Waals surface area contributed by atoms with Gasteiger partial charge in [-0.05, 0) is 47.7 Å². The highest BCUT2D eigenvalue weighted by Crippen LogP contribution is 2.31. The fourth-order valence-corrected chi connectivity index (χ4v) is 2.07. The first-order valence-electron chi connectivity index (χ1n) is 8.36. The Morgan fingerprint density at radius 1 is 1.10 bits per heavy atom. The molecule has 0 aromatic rings. The van der Waals surface area contributed by atoms with E-state index < -0.39 is 0 Å². The molecule has 0 aromatic heterocycles. The third-order valence-electron chi connectivity index (χ3n) is 4.65. The summed E-state index contributed by atoms with van der Waals surface area (Å²) in [7, 11) is 0. The lowest BCUT2D eigenvalue weighted by atomic mass is 9.77. The van der Waals surface area contributed by atoms with Crippen molar-refractivity contribution in [2.75, 3.05) is 0 Å². The number of rotatable bonds is 8. The lowest BCUT2D eigenvalue weighted by molar-refractivity contribution is 0.266. The van der Waals surface area contributed by atoms with Crippen molar-refractivity contribution in [1.82, 2.24) is 0 Å². The van der Waals surface area contributed by atoms with Crippen LogP contribution in [0.2, 0.25) is 0 Å². The second kappa shape index (κ2) is 9.24. The van der Waals surface area contributed by atoms with Gasteiger partial charge in [0, 0.05) is 0 Å². The molecule has 20 heavy (non-hydrogen) atoms. The van der Waals surface area contributed by atoms with Crippen molar-refractivity contribution in [2.24, 2.45) is 23.2 Å². The van der Waals surface area contributed by atoms with Crippen LogP contribution in [0.4, 0.5) is 0 Å². The van der Waals surface area contributed by atoms with Crippen LogP contribution >= 0.6 is 0 Å². The molecule has 0 N–H and O–H groups in total. The molecular weight excluding hydrogens is 240 g/mol. The second-order valence-corrected chi connectivity index (χ2v) is 7.13. The van der Waals surface area contributed by atoms with Crippen LogP contribution in [0.15, 0.2) is 29.5 Å². The maximum Gasteiger partial charge on any atom is -0.0121 e. The third-order valence-corrected chi connectivity index (χ3v) is 4.65. The molecule has 0 rings (SSSR count). The first-order chi connectivity index (χ1) is 9.24. The number of hydrogen-bond acceptors (Lipinski definition) is 0. The average molecular weight is 277 g/mol. The van der Waals surface area contributed by atoms with Gasteiger partial charge < -0.3 is 0 Å². The Labute approximate surface area is 128 Å². The SMILES string of the molecule is CCC(=C=CC(C)C(C)(C)CC)C(C)CC=CC(C)C. The predicted molar refractivity (Wildman–Crippen MR) is 92.9 cm³/mol. The van der Waals surface area contributed by atoms with E-state index in [0.29, 0.717) is 23.2 Å². The predicted octanol–water partition coefficient (Wildman–Crippen LogP) is 6.79. The zero-order valence-corrected chi connectivity index (χ0v) is 15.1. The van der Waals surface area contributed by atoms with Crippen LogP contribution in [-0.4, -0.2) is 0 Å². The van der Waals surface area contributed by atoms with E-state index in [2.05, 4.69) is 79.3 Å². The summed E-state index contributed by atoms with van der Waals surface area (Å²) in [6.45, 7) is 18.3. The van der Waals surface area contributed by atoms with Gasteiger partial charge in [0.25, 0.3) is 0 Å². The van der Waals surface area contributed by atoms with E-state index in [0.717, 1.165) is 12.8 Å². The molecule has 0 aromatic carbocycles. The van der Waals surface area contributed by atoms with Crippen molar-refractivity contribution < 1.29 is 0 Å². The van der Waals surface area contributed by atoms with Crippen molar-refractivity contribution in [1.29, 1.82) is 0 Å². The van der Waals surface area contributed by atoms with Gasteiger partial charge in [0.05, 0.1) is 0 Å². The summed E-state index contributed by atoms with van der Waals surface area (Å²) in [5.41, 5.74) is 5.43. The van der Waals surface area contributed by atoms with E-state index in [1.54, 1.807) is 0 Å². The molecule has 0 saturated heterocycles. The molecule has 0 aliphatic rings. The van der Waals surface area contributed by atoms with Crippen LogP contribution in [0.1, 0.15) is 74.7 Å². The zero-order chi connectivity index (χ0) is 15.8. The minimum absolute atomic E-state index is 0.368. The third kappa shape index (κ3) is 7.15. The monoisotopic (exact) mass is 276 g/mol. The second-order valence-electron chi connectivity index (χ2n) is 7.13. The van der Waals surface area contributed by atoms with Crippen molar-refractivity contribution >= 4 is 0 Å². The minimum Gasteiger partial charge on any atom is -0.126 e. The molecular formula is C20H36. The molecule has 0 spiro atoms. The van der Waals surface area contributed by atoms with Gasteiger partial charge in [0.15, 0.2) is 0 Å². The topological polar surface area (TPSA) is 0 Å². The lowest BCUT2D eigenvalue weighted by Crippen LogP contribution is -2.18. The minimum atomic E-state index is 0.368. The van der Waals surface area contributed by atoms with Gasteiger partial charge in [-0.3, -0.25) is 0 Å². The summed E-state index contributed by atoms with van der Waals surface area (Å²) < 4.78 is 0. The quantitative estimate of drug-likeness (QED) is 0.338. The first-order valence-corrected chi connectivity index (χ1v) is 8.36. The summed E-state index contributed by atoms with van der Waals surface area (Å²) >= 11 is 0. The fourth-order valence-electron chi connectivity index (χ4n) is 2.07. The lowest BCUT2D eigenvalue weighted by Gasteiger charge is -2.27. The van der Waals surface area contributed by atoms with Crippen LogP contribution in [0.3, 0.4) is 0 Å². The molecule has 0 bridgehead atoms. The van der Waals surface area contributed by atoms with Crippen molar-refractivity contribution in [2.45, 2.75) is 74.7 Å². The van der Waals surface area contributed by atoms with E-state index in [9.17, 15) is 0 Å². The molecule has 2 atom stereocenters. The molecule has 0 radical (unpaired) electrons. The van der Waals surface area contributed by atoms with Gasteiger partial charge in [0.2, 0.25) is 0 Å². The van der Waals surface area contributed by atoms with Crippen LogP contribution in [0.25, 0.3) is 0 Å². The Morgan fingerprint density at radius 3 is 2.15 bits per heavy atom. The summed E-state index contributed by atoms with van der Waals surface area (Å²) in [5, 5.41) is 0. The first kappa shape index (κ1) is 19.3. The molecule has 0 amide bonds. The van der Waals surface area contributed by atoms with Gasteiger partial charge in [0.1, 0.15) is 0 Å². The summed E-state index contributed by atoms with van der Waals surface area (Å²) in [6, 6.07) is 0. The molecule has 0 fully saturated rings. The van der Waals surface area contributed by atoms with Crippen LogP contribution in [0.5, 0.6) is 0 Å². The Balaban J connectivity index is 4.84. The Hall–Kier alpha value is -0.740. The summed E-state index contributed by atoms with van der Waals surface area (Å²) in [5.74, 6) is 1.83. The van der Waals surface area contributed by atoms with Crippen LogP contribution in [0, 0.1) is 23.2 Å². The Kier molecular flexibility index (Phi) is 8.90. The van der Waals surface area contributed by atoms with Gasteiger partial charge in [-0.1, -0.05) is 74.0 Å². The standard InChI is InChI=1S/C20H36/c1-9-19(17(5)13-11-12-16(3)4)15-14-18(6)20(7,8)10-2/h11-12,14,16-18H,9-10,13H2,1-8H3. The highest BCUT2D eigenvalue weighted by atomic mass is 14.3. The fraction of sp³-hybridized carbons (Fsp3) is 0.750. The van der Waals surface area contributed by atoms with Crippen molar-refractivity contribution in [3.8, 4) is 0 Å². The maximum atomic E-state index is 3.61. The molecule has 0 nitrogen and oxygen atoms in total. The molecule has 0 heteroatoms. The van der Waals surface area contributed by atoms with E-state index in [1.165, 1.54) is 12.0 Å². The van der Waals surface area contributed by atoms with E-state index >= 15 is 0 Å². The van der Waals surface area contributed by atoms with Crippen LogP contribution < -0.4 is 0 Å². The average Bonchev–Trinajstić information content (AvgIpc) is 2.38. The Morgan fingerprint density at radius 2 is 1.70 bits per heavy atom. The van der Waals surface area contributed by atoms with E-state index in [4.69, 9.17) is 0 Å². The van der Waals surface area contributed by atoms with Gasteiger partial charge in [-0.15, -0.1) is 5.73 Å². The molecule has 0 saturated carbocycles. The number of allylic oxidation sites excluding steroid dienone is 3. The van der Waals surface area contributed by atoms with Crippen molar-refractivity contribution in [3.63, 3.8) is 0 Å². The maximum absolute atomic E-state index is 3.61. The molecule has 2 unspecified atom stereocenters. The van der Waals surface area contributed by atoms with Crippen LogP contribution in [-0.2, 0) is 0 Å². The molecule has 116 valence electrons. The van der Waals surface area contributed by atoms with Gasteiger partial charge >= 0.3 is 0 Å². The highest BCUT2D eigenvalue weighted by Gasteiger charge is 2.21. The van der Waals surface area contributed by atoms with E-state index in [-0.39, 0.29) is 0 Å². The van der Waals surface area contributed by atoms with Gasteiger partial charge in [-0.2, -0.15) is 0 Å². The molecule has 0 aliphatic carbocycles. The molecule has 0 aliphatic heterocycles. The molecule has 0 heterocycles. The van der Waals surface area contributed by atoms with E-state index in [1.807, 2.05) is 0 Å². The number of hydrogen-bond donors (Lipinski definition) is 0. The Bertz CT molecular complexity index is 348. The van der Waals surface area contributed by atoms with Gasteiger partial charge in [-0.25, -0.2) is 0 Å².